The first kappa shape index (κ1) is 16.1. The highest BCUT2D eigenvalue weighted by molar-refractivity contribution is 9.10. The van der Waals surface area contributed by atoms with Crippen molar-refractivity contribution in [2.45, 2.75) is 19.5 Å². The number of hydrogen-bond donors (Lipinski definition) is 1. The van der Waals surface area contributed by atoms with Crippen molar-refractivity contribution in [1.82, 2.24) is 5.32 Å². The van der Waals surface area contributed by atoms with Crippen LogP contribution in [0.2, 0.25) is 0 Å². The minimum Gasteiger partial charge on any atom is -0.306 e. The smallest absolute Gasteiger partial charge is 0.275 e. The van der Waals surface area contributed by atoms with E-state index >= 15 is 0 Å². The molecule has 0 fully saturated rings. The fourth-order valence-electron chi connectivity index (χ4n) is 1.99. The zero-order valence-electron chi connectivity index (χ0n) is 11.3. The lowest BCUT2D eigenvalue weighted by Crippen LogP contribution is -2.18. The summed E-state index contributed by atoms with van der Waals surface area (Å²) in [7, 11) is 0. The molecule has 4 nitrogen and oxygen atoms in total. The molecule has 0 saturated carbocycles. The first-order valence-corrected chi connectivity index (χ1v) is 7.97. The summed E-state index contributed by atoms with van der Waals surface area (Å²) in [6, 6.07) is 13.2. The first-order chi connectivity index (χ1) is 9.97. The number of nitrogens with one attached hydrogen (secondary N) is 1. The van der Waals surface area contributed by atoms with E-state index < -0.39 is 0 Å². The molecular formula is C15H14Br2N2O2. The first-order valence-electron chi connectivity index (χ1n) is 6.39. The Hall–Kier alpha value is -1.24. The maximum Gasteiger partial charge on any atom is 0.275 e. The zero-order valence-corrected chi connectivity index (χ0v) is 14.5. The molecule has 0 aromatic heterocycles. The Labute approximate surface area is 140 Å². The Morgan fingerprint density at radius 3 is 2.38 bits per heavy atom. The Morgan fingerprint density at radius 1 is 1.14 bits per heavy atom. The predicted molar refractivity (Wildman–Crippen MR) is 90.2 cm³/mol. The van der Waals surface area contributed by atoms with E-state index in [9.17, 15) is 10.1 Å². The second-order valence-corrected chi connectivity index (χ2v) is 6.52. The topological polar surface area (TPSA) is 55.2 Å². The lowest BCUT2D eigenvalue weighted by Gasteiger charge is -2.14. The van der Waals surface area contributed by atoms with Crippen molar-refractivity contribution in [2.75, 3.05) is 0 Å². The third kappa shape index (κ3) is 4.36. The summed E-state index contributed by atoms with van der Waals surface area (Å²) in [5, 5.41) is 14.4. The van der Waals surface area contributed by atoms with E-state index in [0.717, 1.165) is 10.0 Å². The van der Waals surface area contributed by atoms with Crippen molar-refractivity contribution >= 4 is 37.5 Å². The van der Waals surface area contributed by atoms with E-state index in [2.05, 4.69) is 37.2 Å². The Balaban J connectivity index is 2.09. The number of nitro groups is 1. The van der Waals surface area contributed by atoms with Crippen LogP contribution < -0.4 is 5.32 Å². The summed E-state index contributed by atoms with van der Waals surface area (Å²) in [4.78, 5) is 10.7. The molecule has 2 rings (SSSR count). The number of rotatable bonds is 5. The van der Waals surface area contributed by atoms with Gasteiger partial charge >= 0.3 is 0 Å². The van der Waals surface area contributed by atoms with Gasteiger partial charge in [-0.1, -0.05) is 44.0 Å². The molecule has 110 valence electrons. The normalized spacial score (nSPS) is 12.1. The van der Waals surface area contributed by atoms with Gasteiger partial charge in [-0.05, 0) is 36.8 Å². The van der Waals surface area contributed by atoms with Crippen molar-refractivity contribution in [2.24, 2.45) is 0 Å². The van der Waals surface area contributed by atoms with E-state index in [1.165, 1.54) is 6.07 Å². The zero-order chi connectivity index (χ0) is 15.4. The van der Waals surface area contributed by atoms with E-state index in [4.69, 9.17) is 0 Å². The molecular weight excluding hydrogens is 400 g/mol. The molecule has 0 radical (unpaired) electrons. The van der Waals surface area contributed by atoms with Gasteiger partial charge in [0.2, 0.25) is 0 Å². The van der Waals surface area contributed by atoms with Gasteiger partial charge < -0.3 is 5.32 Å². The molecule has 6 heteroatoms. The fourth-order valence-corrected chi connectivity index (χ4v) is 2.60. The van der Waals surface area contributed by atoms with E-state index in [1.54, 1.807) is 6.07 Å². The molecule has 0 amide bonds. The molecule has 2 aromatic rings. The second-order valence-electron chi connectivity index (χ2n) is 4.68. The van der Waals surface area contributed by atoms with E-state index in [1.807, 2.05) is 37.3 Å². The van der Waals surface area contributed by atoms with Crippen LogP contribution >= 0.6 is 31.9 Å². The largest absolute Gasteiger partial charge is 0.306 e. The highest BCUT2D eigenvalue weighted by Gasteiger charge is 2.15. The highest BCUT2D eigenvalue weighted by atomic mass is 79.9. The molecule has 0 unspecified atom stereocenters. The van der Waals surface area contributed by atoms with Crippen molar-refractivity contribution in [3.05, 3.63) is 72.7 Å². The molecule has 0 spiro atoms. The van der Waals surface area contributed by atoms with Crippen LogP contribution in [0.1, 0.15) is 24.1 Å². The van der Waals surface area contributed by atoms with Crippen LogP contribution in [0.15, 0.2) is 51.4 Å². The van der Waals surface area contributed by atoms with Crippen LogP contribution in [0.25, 0.3) is 0 Å². The number of nitro benzene ring substituents is 1. The molecule has 0 bridgehead atoms. The fraction of sp³-hybridized carbons (Fsp3) is 0.200. The average Bonchev–Trinajstić information content (AvgIpc) is 2.46. The van der Waals surface area contributed by atoms with Crippen molar-refractivity contribution in [1.29, 1.82) is 0 Å². The number of hydrogen-bond acceptors (Lipinski definition) is 3. The average molecular weight is 414 g/mol. The van der Waals surface area contributed by atoms with Crippen LogP contribution in [0.5, 0.6) is 0 Å². The summed E-state index contributed by atoms with van der Waals surface area (Å²) in [6.45, 7) is 2.48. The van der Waals surface area contributed by atoms with Gasteiger partial charge in [0.15, 0.2) is 0 Å². The molecule has 0 aliphatic heterocycles. The van der Waals surface area contributed by atoms with Gasteiger partial charge in [0, 0.05) is 33.2 Å². The molecule has 0 aliphatic rings. The summed E-state index contributed by atoms with van der Waals surface area (Å²) >= 11 is 6.66. The van der Waals surface area contributed by atoms with Gasteiger partial charge in [0.05, 0.1) is 4.92 Å². The quantitative estimate of drug-likeness (QED) is 0.556. The molecule has 0 heterocycles. The predicted octanol–water partition coefficient (Wildman–Crippen LogP) is 4.97. The lowest BCUT2D eigenvalue weighted by molar-refractivity contribution is -0.385. The van der Waals surface area contributed by atoms with E-state index in [-0.39, 0.29) is 16.7 Å². The van der Waals surface area contributed by atoms with Crippen LogP contribution in [-0.4, -0.2) is 4.92 Å². The Kier molecular flexibility index (Phi) is 5.50. The van der Waals surface area contributed by atoms with Gasteiger partial charge in [0.25, 0.3) is 5.69 Å². The van der Waals surface area contributed by atoms with Gasteiger partial charge in [-0.2, -0.15) is 0 Å². The minimum absolute atomic E-state index is 0.112. The van der Waals surface area contributed by atoms with Gasteiger partial charge in [-0.3, -0.25) is 10.1 Å². The second kappa shape index (κ2) is 7.15. The van der Waals surface area contributed by atoms with Crippen molar-refractivity contribution in [3.8, 4) is 0 Å². The lowest BCUT2D eigenvalue weighted by atomic mass is 10.1. The standard InChI is InChI=1S/C15H14Br2N2O2/c1-10(11-2-5-13(16)6-3-11)18-9-12-4-7-14(17)8-15(12)19(20)21/h2-8,10,18H,9H2,1H3/t10-/m1/s1. The molecule has 2 aromatic carbocycles. The summed E-state index contributed by atoms with van der Waals surface area (Å²) in [5.41, 5.74) is 1.94. The van der Waals surface area contributed by atoms with Crippen LogP contribution in [0.3, 0.4) is 0 Å². The Bertz CT molecular complexity index is 645. The van der Waals surface area contributed by atoms with Crippen LogP contribution in [0.4, 0.5) is 5.69 Å². The van der Waals surface area contributed by atoms with Crippen molar-refractivity contribution in [3.63, 3.8) is 0 Å². The molecule has 1 atom stereocenters. The highest BCUT2D eigenvalue weighted by Crippen LogP contribution is 2.24. The maximum absolute atomic E-state index is 11.1. The molecule has 21 heavy (non-hydrogen) atoms. The van der Waals surface area contributed by atoms with Crippen molar-refractivity contribution < 1.29 is 4.92 Å². The monoisotopic (exact) mass is 412 g/mol. The number of benzene rings is 2. The van der Waals surface area contributed by atoms with E-state index in [0.29, 0.717) is 16.6 Å². The van der Waals surface area contributed by atoms with Crippen LogP contribution in [-0.2, 0) is 6.54 Å². The summed E-state index contributed by atoms with van der Waals surface area (Å²) < 4.78 is 1.74. The SMILES string of the molecule is C[C@@H](NCc1ccc(Br)cc1[N+](=O)[O-])c1ccc(Br)cc1. The number of nitrogens with zero attached hydrogens (tertiary/aromatic N) is 1. The van der Waals surface area contributed by atoms with Gasteiger partial charge in [0.1, 0.15) is 0 Å². The summed E-state index contributed by atoms with van der Waals surface area (Å²) in [5.74, 6) is 0. The molecule has 1 N–H and O–H groups in total. The summed E-state index contributed by atoms with van der Waals surface area (Å²) in [6.07, 6.45) is 0. The molecule has 0 saturated heterocycles. The van der Waals surface area contributed by atoms with Gasteiger partial charge in [-0.15, -0.1) is 0 Å². The maximum atomic E-state index is 11.1. The molecule has 0 aliphatic carbocycles. The minimum atomic E-state index is -0.355. The van der Waals surface area contributed by atoms with Crippen LogP contribution in [0, 0.1) is 10.1 Å². The van der Waals surface area contributed by atoms with Gasteiger partial charge in [-0.25, -0.2) is 0 Å². The Morgan fingerprint density at radius 2 is 1.76 bits per heavy atom. The third-order valence-electron chi connectivity index (χ3n) is 3.21. The third-order valence-corrected chi connectivity index (χ3v) is 4.23. The number of halogens is 2.